The standard InChI is InChI=1S/C6H13NO2/c1-4(2)3-5(7)6(8)9/h3,5-6,8-9H,7H2,1-2H3/t5-/m0/s1. The first kappa shape index (κ1) is 8.62. The highest BCUT2D eigenvalue weighted by Gasteiger charge is 2.05. The Balaban J connectivity index is 3.76. The van der Waals surface area contributed by atoms with E-state index in [1.165, 1.54) is 0 Å². The summed E-state index contributed by atoms with van der Waals surface area (Å²) in [5.41, 5.74) is 6.22. The minimum Gasteiger partial charge on any atom is -0.367 e. The topological polar surface area (TPSA) is 66.5 Å². The Bertz CT molecular complexity index is 106. The molecule has 0 saturated heterocycles. The van der Waals surface area contributed by atoms with Crippen molar-refractivity contribution in [2.24, 2.45) is 5.73 Å². The van der Waals surface area contributed by atoms with Gasteiger partial charge >= 0.3 is 0 Å². The highest BCUT2D eigenvalue weighted by molar-refractivity contribution is 5.00. The normalized spacial score (nSPS) is 13.6. The maximum atomic E-state index is 8.46. The monoisotopic (exact) mass is 131 g/mol. The second kappa shape index (κ2) is 3.61. The molecule has 3 heteroatoms. The number of rotatable bonds is 2. The molecular formula is C6H13NO2. The molecule has 0 aliphatic rings. The lowest BCUT2D eigenvalue weighted by atomic mass is 10.2. The van der Waals surface area contributed by atoms with Crippen LogP contribution in [0.5, 0.6) is 0 Å². The summed E-state index contributed by atoms with van der Waals surface area (Å²) >= 11 is 0. The van der Waals surface area contributed by atoms with Crippen molar-refractivity contribution >= 4 is 0 Å². The van der Waals surface area contributed by atoms with Crippen molar-refractivity contribution in [2.75, 3.05) is 0 Å². The van der Waals surface area contributed by atoms with E-state index in [2.05, 4.69) is 0 Å². The predicted octanol–water partition coefficient (Wildman–Crippen LogP) is -0.409. The van der Waals surface area contributed by atoms with Crippen LogP contribution in [0.2, 0.25) is 0 Å². The van der Waals surface area contributed by atoms with Crippen molar-refractivity contribution in [1.29, 1.82) is 0 Å². The van der Waals surface area contributed by atoms with Crippen LogP contribution in [0.15, 0.2) is 11.6 Å². The summed E-state index contributed by atoms with van der Waals surface area (Å²) in [7, 11) is 0. The maximum absolute atomic E-state index is 8.46. The summed E-state index contributed by atoms with van der Waals surface area (Å²) in [4.78, 5) is 0. The molecule has 0 unspecified atom stereocenters. The first-order valence-electron chi connectivity index (χ1n) is 2.81. The van der Waals surface area contributed by atoms with Gasteiger partial charge in [-0.1, -0.05) is 11.6 Å². The van der Waals surface area contributed by atoms with Gasteiger partial charge in [0.2, 0.25) is 0 Å². The van der Waals surface area contributed by atoms with E-state index in [9.17, 15) is 0 Å². The molecule has 0 aliphatic heterocycles. The van der Waals surface area contributed by atoms with E-state index in [4.69, 9.17) is 15.9 Å². The third-order valence-corrected chi connectivity index (χ3v) is 0.870. The van der Waals surface area contributed by atoms with Gasteiger partial charge in [-0.25, -0.2) is 0 Å². The molecule has 54 valence electrons. The Labute approximate surface area is 54.8 Å². The fourth-order valence-electron chi connectivity index (χ4n) is 0.471. The van der Waals surface area contributed by atoms with Crippen molar-refractivity contribution in [3.05, 3.63) is 11.6 Å². The smallest absolute Gasteiger partial charge is 0.170 e. The molecule has 0 radical (unpaired) electrons. The zero-order chi connectivity index (χ0) is 7.44. The number of hydrogen-bond donors (Lipinski definition) is 3. The molecule has 0 heterocycles. The average molecular weight is 131 g/mol. The van der Waals surface area contributed by atoms with E-state index in [-0.39, 0.29) is 0 Å². The average Bonchev–Trinajstić information content (AvgIpc) is 1.63. The molecule has 0 bridgehead atoms. The molecule has 0 aromatic rings. The van der Waals surface area contributed by atoms with Crippen LogP contribution >= 0.6 is 0 Å². The fraction of sp³-hybridized carbons (Fsp3) is 0.667. The van der Waals surface area contributed by atoms with Crippen LogP contribution in [0.4, 0.5) is 0 Å². The molecule has 4 N–H and O–H groups in total. The fourth-order valence-corrected chi connectivity index (χ4v) is 0.471. The molecule has 0 fully saturated rings. The summed E-state index contributed by atoms with van der Waals surface area (Å²) in [6.45, 7) is 3.70. The molecule has 0 saturated carbocycles. The number of nitrogens with two attached hydrogens (primary N) is 1. The number of allylic oxidation sites excluding steroid dienone is 1. The highest BCUT2D eigenvalue weighted by Crippen LogP contribution is 1.94. The Morgan fingerprint density at radius 2 is 1.89 bits per heavy atom. The van der Waals surface area contributed by atoms with Gasteiger partial charge in [-0.15, -0.1) is 0 Å². The molecule has 3 nitrogen and oxygen atoms in total. The van der Waals surface area contributed by atoms with Gasteiger partial charge in [-0.05, 0) is 13.8 Å². The van der Waals surface area contributed by atoms with Crippen LogP contribution in [0.3, 0.4) is 0 Å². The minimum absolute atomic E-state index is 0.657. The van der Waals surface area contributed by atoms with Gasteiger partial charge in [-0.2, -0.15) is 0 Å². The van der Waals surface area contributed by atoms with Crippen LogP contribution < -0.4 is 5.73 Å². The summed E-state index contributed by atoms with van der Waals surface area (Å²) < 4.78 is 0. The quantitative estimate of drug-likeness (QED) is 0.352. The van der Waals surface area contributed by atoms with Crippen molar-refractivity contribution in [2.45, 2.75) is 26.2 Å². The number of aliphatic hydroxyl groups is 2. The zero-order valence-corrected chi connectivity index (χ0v) is 5.70. The van der Waals surface area contributed by atoms with Crippen molar-refractivity contribution in [3.63, 3.8) is 0 Å². The SMILES string of the molecule is CC(C)=C[C@H](N)C(O)O. The van der Waals surface area contributed by atoms with Crippen LogP contribution in [-0.4, -0.2) is 22.5 Å². The van der Waals surface area contributed by atoms with Crippen LogP contribution in [-0.2, 0) is 0 Å². The predicted molar refractivity (Wildman–Crippen MR) is 35.6 cm³/mol. The van der Waals surface area contributed by atoms with Crippen molar-refractivity contribution in [3.8, 4) is 0 Å². The van der Waals surface area contributed by atoms with Gasteiger partial charge in [-0.3, -0.25) is 0 Å². The van der Waals surface area contributed by atoms with Gasteiger partial charge in [0.25, 0.3) is 0 Å². The summed E-state index contributed by atoms with van der Waals surface area (Å²) in [5, 5.41) is 16.9. The van der Waals surface area contributed by atoms with E-state index >= 15 is 0 Å². The van der Waals surface area contributed by atoms with E-state index < -0.39 is 12.3 Å². The Morgan fingerprint density at radius 1 is 1.44 bits per heavy atom. The lowest BCUT2D eigenvalue weighted by Crippen LogP contribution is -2.32. The first-order valence-corrected chi connectivity index (χ1v) is 2.81. The Kier molecular flexibility index (Phi) is 3.46. The largest absolute Gasteiger partial charge is 0.367 e. The van der Waals surface area contributed by atoms with Gasteiger partial charge in [0.1, 0.15) is 0 Å². The van der Waals surface area contributed by atoms with E-state index in [0.29, 0.717) is 0 Å². The van der Waals surface area contributed by atoms with Crippen molar-refractivity contribution < 1.29 is 10.2 Å². The van der Waals surface area contributed by atoms with Gasteiger partial charge in [0, 0.05) is 0 Å². The lowest BCUT2D eigenvalue weighted by Gasteiger charge is -2.08. The zero-order valence-electron chi connectivity index (χ0n) is 5.70. The van der Waals surface area contributed by atoms with Crippen molar-refractivity contribution in [1.82, 2.24) is 0 Å². The van der Waals surface area contributed by atoms with E-state index in [1.54, 1.807) is 6.08 Å². The van der Waals surface area contributed by atoms with Crippen LogP contribution in [0.25, 0.3) is 0 Å². The van der Waals surface area contributed by atoms with Gasteiger partial charge in [0.15, 0.2) is 6.29 Å². The molecule has 0 amide bonds. The molecule has 0 aliphatic carbocycles. The summed E-state index contributed by atoms with van der Waals surface area (Å²) in [6, 6.07) is -0.657. The Hall–Kier alpha value is -0.380. The Morgan fingerprint density at radius 3 is 2.00 bits per heavy atom. The molecule has 0 rings (SSSR count). The highest BCUT2D eigenvalue weighted by atomic mass is 16.5. The molecular weight excluding hydrogens is 118 g/mol. The molecule has 0 aromatic carbocycles. The molecule has 0 aromatic heterocycles. The third-order valence-electron chi connectivity index (χ3n) is 0.870. The third kappa shape index (κ3) is 4.14. The van der Waals surface area contributed by atoms with E-state index in [1.807, 2.05) is 13.8 Å². The van der Waals surface area contributed by atoms with E-state index in [0.717, 1.165) is 5.57 Å². The second-order valence-corrected chi connectivity index (χ2v) is 2.23. The molecule has 0 spiro atoms. The number of hydrogen-bond acceptors (Lipinski definition) is 3. The maximum Gasteiger partial charge on any atom is 0.170 e. The van der Waals surface area contributed by atoms with Gasteiger partial charge < -0.3 is 15.9 Å². The minimum atomic E-state index is -1.44. The molecule has 1 atom stereocenters. The van der Waals surface area contributed by atoms with Crippen LogP contribution in [0.1, 0.15) is 13.8 Å². The lowest BCUT2D eigenvalue weighted by molar-refractivity contribution is -0.0477. The molecule has 9 heavy (non-hydrogen) atoms. The van der Waals surface area contributed by atoms with Crippen LogP contribution in [0, 0.1) is 0 Å². The second-order valence-electron chi connectivity index (χ2n) is 2.23. The van der Waals surface area contributed by atoms with Gasteiger partial charge in [0.05, 0.1) is 6.04 Å². The summed E-state index contributed by atoms with van der Waals surface area (Å²) in [6.07, 6.45) is 0.157. The first-order chi connectivity index (χ1) is 4.04. The summed E-state index contributed by atoms with van der Waals surface area (Å²) in [5.74, 6) is 0. The number of aliphatic hydroxyl groups excluding tert-OH is 1.